The third-order valence-corrected chi connectivity index (χ3v) is 6.20. The summed E-state index contributed by atoms with van der Waals surface area (Å²) in [6.07, 6.45) is -5.38. The van der Waals surface area contributed by atoms with Crippen LogP contribution in [0.4, 0.5) is 13.2 Å². The molecule has 3 rings (SSSR count). The molecular weight excluding hydrogens is 451 g/mol. The minimum atomic E-state index is -4.37. The number of hydrogen-bond donors (Lipinski definition) is 4. The predicted molar refractivity (Wildman–Crippen MR) is 121 cm³/mol. The molecule has 1 fully saturated rings. The maximum absolute atomic E-state index is 12.9. The molecule has 0 spiro atoms. The Labute approximate surface area is 197 Å². The van der Waals surface area contributed by atoms with E-state index in [0.29, 0.717) is 30.9 Å². The van der Waals surface area contributed by atoms with E-state index >= 15 is 0 Å². The maximum atomic E-state index is 12.9. The smallest absolute Gasteiger partial charge is 0.395 e. The van der Waals surface area contributed by atoms with Crippen molar-refractivity contribution in [3.8, 4) is 11.1 Å². The van der Waals surface area contributed by atoms with Gasteiger partial charge in [0.05, 0.1) is 30.9 Å². The second kappa shape index (κ2) is 12.1. The lowest BCUT2D eigenvalue weighted by atomic mass is 9.94. The van der Waals surface area contributed by atoms with Crippen LogP contribution in [0.3, 0.4) is 0 Å². The van der Waals surface area contributed by atoms with Gasteiger partial charge in [0.15, 0.2) is 0 Å². The highest BCUT2D eigenvalue weighted by atomic mass is 19.4. The molecule has 188 valence electrons. The van der Waals surface area contributed by atoms with Crippen molar-refractivity contribution in [2.24, 2.45) is 0 Å². The van der Waals surface area contributed by atoms with Gasteiger partial charge in [-0.25, -0.2) is 0 Å². The fraction of sp³-hybridized carbons (Fsp3) is 0.520. The summed E-state index contributed by atoms with van der Waals surface area (Å²) in [6.45, 7) is 1.45. The van der Waals surface area contributed by atoms with E-state index in [9.17, 15) is 33.6 Å². The Kier molecular flexibility index (Phi) is 9.47. The fourth-order valence-electron chi connectivity index (χ4n) is 4.19. The van der Waals surface area contributed by atoms with Gasteiger partial charge in [0, 0.05) is 13.2 Å². The van der Waals surface area contributed by atoms with Crippen molar-refractivity contribution in [2.45, 2.75) is 56.4 Å². The number of likely N-dealkylation sites (tertiary alicyclic amines) is 1. The van der Waals surface area contributed by atoms with Gasteiger partial charge in [0.25, 0.3) is 0 Å². The summed E-state index contributed by atoms with van der Waals surface area (Å²) in [5, 5.41) is 39.1. The third-order valence-electron chi connectivity index (χ3n) is 6.20. The second-order valence-corrected chi connectivity index (χ2v) is 8.68. The number of rotatable bonds is 10. The van der Waals surface area contributed by atoms with E-state index in [0.717, 1.165) is 37.0 Å². The SMILES string of the molecule is OC[C@H]1[C@@H](O)[C@H](O)[C@@H](O)CN1CCCCCOCc1ccc(-c2cccc(C(F)(F)F)c2)cc1. The third kappa shape index (κ3) is 7.00. The Morgan fingerprint density at radius 3 is 2.32 bits per heavy atom. The van der Waals surface area contributed by atoms with Crippen molar-refractivity contribution in [3.05, 3.63) is 59.7 Å². The normalized spacial score (nSPS) is 23.9. The number of unbranched alkanes of at least 4 members (excludes halogenated alkanes) is 2. The van der Waals surface area contributed by atoms with E-state index < -0.39 is 36.1 Å². The number of piperidine rings is 1. The topological polar surface area (TPSA) is 93.4 Å². The standard InChI is InChI=1S/C25H32F3NO5/c26-25(27,28)20-6-4-5-19(13-20)18-9-7-17(8-10-18)16-34-12-3-1-2-11-29-14-22(31)24(33)23(32)21(29)15-30/h4-10,13,21-24,30-33H,1-3,11-12,14-16H2/t21-,22-,23+,24+/m0/s1. The molecule has 1 aliphatic heterocycles. The van der Waals surface area contributed by atoms with Crippen molar-refractivity contribution in [1.82, 2.24) is 4.90 Å². The molecule has 0 aliphatic carbocycles. The molecule has 0 aromatic heterocycles. The lowest BCUT2D eigenvalue weighted by molar-refractivity contribution is -0.145. The van der Waals surface area contributed by atoms with Crippen LogP contribution in [0.5, 0.6) is 0 Å². The van der Waals surface area contributed by atoms with Gasteiger partial charge < -0.3 is 25.2 Å². The number of benzene rings is 2. The van der Waals surface area contributed by atoms with E-state index in [4.69, 9.17) is 4.74 Å². The average molecular weight is 484 g/mol. The van der Waals surface area contributed by atoms with Crippen LogP contribution >= 0.6 is 0 Å². The first-order valence-corrected chi connectivity index (χ1v) is 11.4. The lowest BCUT2D eigenvalue weighted by Crippen LogP contribution is -2.62. The number of aliphatic hydroxyl groups is 4. The Balaban J connectivity index is 1.36. The van der Waals surface area contributed by atoms with Crippen LogP contribution in [0.2, 0.25) is 0 Å². The van der Waals surface area contributed by atoms with Crippen LogP contribution in [0.25, 0.3) is 11.1 Å². The van der Waals surface area contributed by atoms with Crippen LogP contribution < -0.4 is 0 Å². The molecule has 0 bridgehead atoms. The first kappa shape index (κ1) is 26.6. The monoisotopic (exact) mass is 483 g/mol. The van der Waals surface area contributed by atoms with Crippen LogP contribution in [0.15, 0.2) is 48.5 Å². The number of hydrogen-bond acceptors (Lipinski definition) is 6. The van der Waals surface area contributed by atoms with Crippen molar-refractivity contribution in [3.63, 3.8) is 0 Å². The van der Waals surface area contributed by atoms with Crippen molar-refractivity contribution >= 4 is 0 Å². The zero-order valence-electron chi connectivity index (χ0n) is 18.9. The van der Waals surface area contributed by atoms with E-state index in [-0.39, 0.29) is 13.2 Å². The average Bonchev–Trinajstić information content (AvgIpc) is 2.82. The van der Waals surface area contributed by atoms with Crippen LogP contribution in [-0.4, -0.2) is 76.0 Å². The van der Waals surface area contributed by atoms with E-state index in [1.807, 2.05) is 12.1 Å². The number of aliphatic hydroxyl groups excluding tert-OH is 4. The largest absolute Gasteiger partial charge is 0.416 e. The molecule has 4 atom stereocenters. The van der Waals surface area contributed by atoms with Gasteiger partial charge in [-0.15, -0.1) is 0 Å². The highest BCUT2D eigenvalue weighted by Gasteiger charge is 2.40. The quantitative estimate of drug-likeness (QED) is 0.389. The molecule has 1 aliphatic rings. The molecule has 0 radical (unpaired) electrons. The molecule has 0 unspecified atom stereocenters. The van der Waals surface area contributed by atoms with Gasteiger partial charge in [-0.3, -0.25) is 4.90 Å². The number of ether oxygens (including phenoxy) is 1. The Morgan fingerprint density at radius 2 is 1.65 bits per heavy atom. The Bertz CT molecular complexity index is 893. The van der Waals surface area contributed by atoms with Gasteiger partial charge in [0.1, 0.15) is 12.2 Å². The fourth-order valence-corrected chi connectivity index (χ4v) is 4.19. The second-order valence-electron chi connectivity index (χ2n) is 8.68. The summed E-state index contributed by atoms with van der Waals surface area (Å²) in [4.78, 5) is 1.80. The molecule has 34 heavy (non-hydrogen) atoms. The molecule has 4 N–H and O–H groups in total. The molecule has 2 aromatic rings. The molecule has 9 heteroatoms. The summed E-state index contributed by atoms with van der Waals surface area (Å²) in [7, 11) is 0. The Hall–Kier alpha value is -2.01. The summed E-state index contributed by atoms with van der Waals surface area (Å²) >= 11 is 0. The molecule has 0 amide bonds. The van der Waals surface area contributed by atoms with Crippen molar-refractivity contribution in [2.75, 3.05) is 26.3 Å². The van der Waals surface area contributed by atoms with Gasteiger partial charge in [-0.05, 0) is 54.6 Å². The molecule has 0 saturated carbocycles. The lowest BCUT2D eigenvalue weighted by Gasteiger charge is -2.43. The minimum absolute atomic E-state index is 0.205. The zero-order chi connectivity index (χ0) is 24.7. The highest BCUT2D eigenvalue weighted by molar-refractivity contribution is 5.64. The van der Waals surface area contributed by atoms with Gasteiger partial charge in [0.2, 0.25) is 0 Å². The van der Waals surface area contributed by atoms with Crippen molar-refractivity contribution < 1.29 is 38.3 Å². The predicted octanol–water partition coefficient (Wildman–Crippen LogP) is 2.82. The Morgan fingerprint density at radius 1 is 0.912 bits per heavy atom. The number of β-amino-alcohol motifs (C(OH)–C–C–N with tert-alkyl or cyclic N) is 1. The number of alkyl halides is 3. The van der Waals surface area contributed by atoms with Crippen LogP contribution in [0.1, 0.15) is 30.4 Å². The molecule has 2 aromatic carbocycles. The molecule has 1 saturated heterocycles. The van der Waals surface area contributed by atoms with Gasteiger partial charge >= 0.3 is 6.18 Å². The summed E-state index contributed by atoms with van der Waals surface area (Å²) < 4.78 is 44.4. The summed E-state index contributed by atoms with van der Waals surface area (Å²) in [5.41, 5.74) is 1.47. The number of nitrogens with zero attached hydrogens (tertiary/aromatic N) is 1. The summed E-state index contributed by atoms with van der Waals surface area (Å²) in [5.74, 6) is 0. The van der Waals surface area contributed by atoms with Crippen LogP contribution in [0, 0.1) is 0 Å². The van der Waals surface area contributed by atoms with E-state index in [1.165, 1.54) is 6.07 Å². The minimum Gasteiger partial charge on any atom is -0.395 e. The molecule has 6 nitrogen and oxygen atoms in total. The zero-order valence-corrected chi connectivity index (χ0v) is 18.9. The number of halogens is 3. The highest BCUT2D eigenvalue weighted by Crippen LogP contribution is 2.32. The molecular formula is C25H32F3NO5. The van der Waals surface area contributed by atoms with Crippen LogP contribution in [-0.2, 0) is 17.5 Å². The summed E-state index contributed by atoms with van der Waals surface area (Å²) in [6, 6.07) is 11.9. The van der Waals surface area contributed by atoms with Gasteiger partial charge in [-0.1, -0.05) is 36.4 Å². The van der Waals surface area contributed by atoms with E-state index in [2.05, 4.69) is 0 Å². The molecule has 1 heterocycles. The maximum Gasteiger partial charge on any atom is 0.416 e. The van der Waals surface area contributed by atoms with Crippen molar-refractivity contribution in [1.29, 1.82) is 0 Å². The first-order valence-electron chi connectivity index (χ1n) is 11.4. The van der Waals surface area contributed by atoms with E-state index in [1.54, 1.807) is 23.1 Å². The van der Waals surface area contributed by atoms with Gasteiger partial charge in [-0.2, -0.15) is 13.2 Å². The first-order chi connectivity index (χ1) is 16.2.